The summed E-state index contributed by atoms with van der Waals surface area (Å²) in [4.78, 5) is 23.3. The van der Waals surface area contributed by atoms with Gasteiger partial charge in [0.1, 0.15) is 6.54 Å². The molecule has 0 bridgehead atoms. The fourth-order valence-corrected chi connectivity index (χ4v) is 4.15. The molecule has 5 nitrogen and oxygen atoms in total. The number of benzene rings is 2. The molecule has 0 amide bonds. The van der Waals surface area contributed by atoms with Crippen LogP contribution in [0.4, 0.5) is 5.69 Å². The number of hydrogen-bond acceptors (Lipinski definition) is 4. The molecule has 5 heteroatoms. The molecule has 0 saturated carbocycles. The Bertz CT molecular complexity index is 1130. The van der Waals surface area contributed by atoms with Crippen LogP contribution >= 0.6 is 0 Å². The van der Waals surface area contributed by atoms with Crippen LogP contribution in [0.15, 0.2) is 91.1 Å². The van der Waals surface area contributed by atoms with E-state index in [1.54, 1.807) is 18.2 Å². The zero-order valence-corrected chi connectivity index (χ0v) is 24.2. The predicted molar refractivity (Wildman–Crippen MR) is 164 cm³/mol. The van der Waals surface area contributed by atoms with Crippen LogP contribution < -0.4 is 5.32 Å². The van der Waals surface area contributed by atoms with E-state index in [4.69, 9.17) is 4.74 Å². The summed E-state index contributed by atoms with van der Waals surface area (Å²) in [6, 6.07) is 15.5. The second kappa shape index (κ2) is 19.4. The maximum absolute atomic E-state index is 12.0. The number of Topliss-reactive ketones (excluding diaryl/α,β-unsaturated/α-hetero) is 1. The van der Waals surface area contributed by atoms with Gasteiger partial charge in [-0.05, 0) is 48.5 Å². The van der Waals surface area contributed by atoms with E-state index in [9.17, 15) is 14.7 Å². The zero-order valence-electron chi connectivity index (χ0n) is 24.2. The molecule has 0 aromatic heterocycles. The number of rotatable bonds is 16. The van der Waals surface area contributed by atoms with Crippen LogP contribution in [0, 0.1) is 5.92 Å². The van der Waals surface area contributed by atoms with Crippen molar-refractivity contribution in [2.45, 2.75) is 60.5 Å². The molecule has 0 radical (unpaired) electrons. The van der Waals surface area contributed by atoms with Gasteiger partial charge in [0, 0.05) is 16.8 Å². The number of anilines is 1. The number of carbonyl (C=O) groups excluding carboxylic acids is 1. The smallest absolute Gasteiger partial charge is 0.322 e. The summed E-state index contributed by atoms with van der Waals surface area (Å²) in [6.45, 7) is 14.5. The van der Waals surface area contributed by atoms with Gasteiger partial charge in [0.2, 0.25) is 0 Å². The molecule has 0 aliphatic rings. The molecule has 2 aromatic carbocycles. The number of ether oxygens (including phenoxy) is 1. The van der Waals surface area contributed by atoms with Crippen LogP contribution in [0.25, 0.3) is 5.57 Å². The highest BCUT2D eigenvalue weighted by molar-refractivity contribution is 5.96. The predicted octanol–water partition coefficient (Wildman–Crippen LogP) is 8.51. The first-order chi connectivity index (χ1) is 18.9. The lowest BCUT2D eigenvalue weighted by Crippen LogP contribution is -2.15. The first-order valence-corrected chi connectivity index (χ1v) is 13.8. The Morgan fingerprint density at radius 2 is 1.82 bits per heavy atom. The van der Waals surface area contributed by atoms with Crippen LogP contribution in [0.2, 0.25) is 0 Å². The highest BCUT2D eigenvalue weighted by Gasteiger charge is 2.18. The summed E-state index contributed by atoms with van der Waals surface area (Å²) < 4.78 is 5.80. The Morgan fingerprint density at radius 3 is 2.41 bits per heavy atom. The molecule has 1 atom stereocenters. The van der Waals surface area contributed by atoms with Crippen LogP contribution in [0.1, 0.15) is 75.4 Å². The second-order valence-corrected chi connectivity index (χ2v) is 8.86. The van der Waals surface area contributed by atoms with Crippen LogP contribution in [-0.2, 0) is 16.1 Å². The SMILES string of the molecule is C=C/C=C(\C=C/COCc1ccccc1)/C=C(/c1ccc(C(C)=O)cc1NCC(=O)O)C(CC)CCC.CC. The minimum atomic E-state index is -0.962. The summed E-state index contributed by atoms with van der Waals surface area (Å²) >= 11 is 0. The summed E-state index contributed by atoms with van der Waals surface area (Å²) in [7, 11) is 0. The van der Waals surface area contributed by atoms with Gasteiger partial charge in [0.15, 0.2) is 5.78 Å². The van der Waals surface area contributed by atoms with E-state index in [0.29, 0.717) is 24.5 Å². The van der Waals surface area contributed by atoms with Crippen molar-refractivity contribution in [1.29, 1.82) is 0 Å². The monoisotopic (exact) mass is 531 g/mol. The minimum absolute atomic E-state index is 0.0678. The molecule has 0 aliphatic carbocycles. The Labute approximate surface area is 235 Å². The third-order valence-corrected chi connectivity index (χ3v) is 6.01. The zero-order chi connectivity index (χ0) is 29.0. The van der Waals surface area contributed by atoms with Crippen LogP contribution in [-0.4, -0.2) is 30.0 Å². The number of carboxylic acid groups (broad SMARTS) is 1. The molecular weight excluding hydrogens is 486 g/mol. The van der Waals surface area contributed by atoms with E-state index in [1.165, 1.54) is 6.92 Å². The number of nitrogens with one attached hydrogen (secondary N) is 1. The van der Waals surface area contributed by atoms with E-state index >= 15 is 0 Å². The molecule has 0 heterocycles. The molecular formula is C34H45NO4. The topological polar surface area (TPSA) is 75.6 Å². The number of aliphatic carboxylic acids is 1. The van der Waals surface area contributed by atoms with E-state index in [0.717, 1.165) is 41.5 Å². The fraction of sp³-hybridized carbons (Fsp3) is 0.353. The summed E-state index contributed by atoms with van der Waals surface area (Å²) in [5.74, 6) is -0.771. The van der Waals surface area contributed by atoms with Crippen molar-refractivity contribution in [3.8, 4) is 0 Å². The lowest BCUT2D eigenvalue weighted by molar-refractivity contribution is -0.134. The normalized spacial score (nSPS) is 12.4. The van der Waals surface area contributed by atoms with Crippen molar-refractivity contribution < 1.29 is 19.4 Å². The van der Waals surface area contributed by atoms with Crippen molar-refractivity contribution in [2.24, 2.45) is 5.92 Å². The average Bonchev–Trinajstić information content (AvgIpc) is 2.95. The van der Waals surface area contributed by atoms with Crippen LogP contribution in [0.5, 0.6) is 0 Å². The van der Waals surface area contributed by atoms with Gasteiger partial charge in [-0.25, -0.2) is 0 Å². The lowest BCUT2D eigenvalue weighted by Gasteiger charge is -2.23. The Hall–Kier alpha value is -3.70. The molecule has 210 valence electrons. The average molecular weight is 532 g/mol. The Balaban J connectivity index is 0.00000371. The van der Waals surface area contributed by atoms with E-state index in [2.05, 4.69) is 31.8 Å². The standard InChI is InChI=1S/C32H39NO4.C2H6/c1-5-12-25(16-11-19-37-23-26-14-9-8-10-15-26)20-30(27(7-3)13-6-2)29-18-17-28(24(4)34)21-31(29)33-22-32(35)36;1-2/h5,8-12,14-18,20-21,27,33H,1,6-7,13,19,22-23H2,2-4H3,(H,35,36);1-2H3/b16-11-,25-12+,30-20+;. The van der Waals surface area contributed by atoms with E-state index in [1.807, 2.05) is 68.5 Å². The summed E-state index contributed by atoms with van der Waals surface area (Å²) in [6.07, 6.45) is 12.8. The highest BCUT2D eigenvalue weighted by Crippen LogP contribution is 2.36. The largest absolute Gasteiger partial charge is 0.480 e. The summed E-state index contributed by atoms with van der Waals surface area (Å²) in [5, 5.41) is 12.3. The fourth-order valence-electron chi connectivity index (χ4n) is 4.15. The first-order valence-electron chi connectivity index (χ1n) is 13.8. The molecule has 2 N–H and O–H groups in total. The molecule has 39 heavy (non-hydrogen) atoms. The van der Waals surface area contributed by atoms with Gasteiger partial charge in [0.05, 0.1) is 13.2 Å². The Morgan fingerprint density at radius 1 is 1.10 bits per heavy atom. The summed E-state index contributed by atoms with van der Waals surface area (Å²) in [5.41, 5.74) is 5.26. The molecule has 2 rings (SSSR count). The van der Waals surface area contributed by atoms with Crippen LogP contribution in [0.3, 0.4) is 0 Å². The maximum Gasteiger partial charge on any atom is 0.322 e. The highest BCUT2D eigenvalue weighted by atomic mass is 16.5. The van der Waals surface area contributed by atoms with Gasteiger partial charge in [-0.1, -0.05) is 114 Å². The van der Waals surface area contributed by atoms with Crippen molar-refractivity contribution in [3.05, 3.63) is 108 Å². The van der Waals surface area contributed by atoms with Gasteiger partial charge < -0.3 is 15.2 Å². The molecule has 0 saturated heterocycles. The number of ketones is 1. The van der Waals surface area contributed by atoms with Gasteiger partial charge >= 0.3 is 5.97 Å². The minimum Gasteiger partial charge on any atom is -0.480 e. The van der Waals surface area contributed by atoms with Gasteiger partial charge in [0.25, 0.3) is 0 Å². The third-order valence-electron chi connectivity index (χ3n) is 6.01. The first kappa shape index (κ1) is 33.3. The Kier molecular flexibility index (Phi) is 16.6. The number of hydrogen-bond donors (Lipinski definition) is 2. The number of carboxylic acids is 1. The van der Waals surface area contributed by atoms with E-state index < -0.39 is 5.97 Å². The van der Waals surface area contributed by atoms with Gasteiger partial charge in [-0.2, -0.15) is 0 Å². The van der Waals surface area contributed by atoms with E-state index in [-0.39, 0.29) is 18.2 Å². The van der Waals surface area contributed by atoms with Gasteiger partial charge in [-0.15, -0.1) is 0 Å². The number of allylic oxidation sites excluding steroid dienone is 6. The van der Waals surface area contributed by atoms with Crippen molar-refractivity contribution in [3.63, 3.8) is 0 Å². The molecule has 0 fully saturated rings. The lowest BCUT2D eigenvalue weighted by atomic mass is 9.84. The molecule has 2 aromatic rings. The number of carbonyl (C=O) groups is 2. The molecule has 0 aliphatic heterocycles. The molecule has 1 unspecified atom stereocenters. The molecule has 0 spiro atoms. The van der Waals surface area contributed by atoms with Crippen molar-refractivity contribution in [2.75, 3.05) is 18.5 Å². The van der Waals surface area contributed by atoms with Crippen molar-refractivity contribution in [1.82, 2.24) is 0 Å². The second-order valence-electron chi connectivity index (χ2n) is 8.86. The van der Waals surface area contributed by atoms with Gasteiger partial charge in [-0.3, -0.25) is 9.59 Å². The maximum atomic E-state index is 12.0. The van der Waals surface area contributed by atoms with Crippen molar-refractivity contribution >= 4 is 23.0 Å². The third kappa shape index (κ3) is 12.1. The quantitative estimate of drug-likeness (QED) is 0.129.